The molecule has 0 heterocycles. The summed E-state index contributed by atoms with van der Waals surface area (Å²) in [5.74, 6) is 0. The van der Waals surface area contributed by atoms with E-state index in [0.29, 0.717) is 5.25 Å². The number of benzene rings is 2. The van der Waals surface area contributed by atoms with Crippen LogP contribution in [0.3, 0.4) is 0 Å². The SMILES string of the molecule is Cc1ccc(S[C@@H]2[C@@H](Cl)[C@H](Sc3ccc(C)cc3)C[C@H]2Cl)cc1. The van der Waals surface area contributed by atoms with Gasteiger partial charge in [0.25, 0.3) is 0 Å². The highest BCUT2D eigenvalue weighted by atomic mass is 35.5. The van der Waals surface area contributed by atoms with Gasteiger partial charge in [-0.2, -0.15) is 0 Å². The molecule has 4 heteroatoms. The molecule has 1 saturated carbocycles. The number of rotatable bonds is 4. The number of aryl methyl sites for hydroxylation is 2. The lowest BCUT2D eigenvalue weighted by Crippen LogP contribution is -2.21. The lowest BCUT2D eigenvalue weighted by molar-refractivity contribution is 0.910. The highest BCUT2D eigenvalue weighted by Gasteiger charge is 2.42. The summed E-state index contributed by atoms with van der Waals surface area (Å²) in [6, 6.07) is 17.3. The highest BCUT2D eigenvalue weighted by molar-refractivity contribution is 8.01. The van der Waals surface area contributed by atoms with Gasteiger partial charge in [0.05, 0.1) is 5.38 Å². The van der Waals surface area contributed by atoms with Gasteiger partial charge in [-0.1, -0.05) is 35.4 Å². The Balaban J connectivity index is 1.66. The number of hydrogen-bond acceptors (Lipinski definition) is 2. The van der Waals surface area contributed by atoms with Crippen molar-refractivity contribution in [3.05, 3.63) is 59.7 Å². The topological polar surface area (TPSA) is 0 Å². The van der Waals surface area contributed by atoms with Crippen molar-refractivity contribution in [2.24, 2.45) is 0 Å². The maximum atomic E-state index is 6.78. The van der Waals surface area contributed by atoms with E-state index in [2.05, 4.69) is 62.4 Å². The largest absolute Gasteiger partial charge is 0.122 e. The zero-order chi connectivity index (χ0) is 16.4. The van der Waals surface area contributed by atoms with Crippen LogP contribution in [0.15, 0.2) is 58.3 Å². The first-order valence-corrected chi connectivity index (χ1v) is 10.4. The van der Waals surface area contributed by atoms with Crippen molar-refractivity contribution in [3.8, 4) is 0 Å². The molecule has 0 saturated heterocycles. The molecular weight excluding hydrogens is 363 g/mol. The fourth-order valence-corrected chi connectivity index (χ4v) is 6.52. The third-order valence-electron chi connectivity index (χ3n) is 4.08. The van der Waals surface area contributed by atoms with Crippen LogP contribution in [-0.2, 0) is 0 Å². The highest BCUT2D eigenvalue weighted by Crippen LogP contribution is 2.46. The van der Waals surface area contributed by atoms with Crippen LogP contribution in [0.25, 0.3) is 0 Å². The van der Waals surface area contributed by atoms with E-state index in [9.17, 15) is 0 Å². The van der Waals surface area contributed by atoms with Crippen LogP contribution in [0.5, 0.6) is 0 Å². The molecule has 0 aromatic heterocycles. The monoisotopic (exact) mass is 382 g/mol. The van der Waals surface area contributed by atoms with Gasteiger partial charge in [-0.05, 0) is 44.5 Å². The number of thioether (sulfide) groups is 2. The van der Waals surface area contributed by atoms with Crippen LogP contribution >= 0.6 is 46.7 Å². The lowest BCUT2D eigenvalue weighted by Gasteiger charge is -2.19. The Bertz CT molecular complexity index is 639. The van der Waals surface area contributed by atoms with Crippen LogP contribution in [0.4, 0.5) is 0 Å². The zero-order valence-electron chi connectivity index (χ0n) is 13.2. The second-order valence-corrected chi connectivity index (χ2v) is 9.69. The molecular formula is C19H20Cl2S2. The molecule has 0 radical (unpaired) electrons. The molecule has 0 amide bonds. The summed E-state index contributed by atoms with van der Waals surface area (Å²) in [6.07, 6.45) is 0.956. The Kier molecular flexibility index (Phi) is 5.90. The van der Waals surface area contributed by atoms with Crippen LogP contribution in [0, 0.1) is 13.8 Å². The van der Waals surface area contributed by atoms with Gasteiger partial charge in [-0.15, -0.1) is 46.7 Å². The normalized spacial score (nSPS) is 27.3. The van der Waals surface area contributed by atoms with Gasteiger partial charge in [-0.25, -0.2) is 0 Å². The predicted molar refractivity (Wildman–Crippen MR) is 106 cm³/mol. The Morgan fingerprint density at radius 1 is 0.783 bits per heavy atom. The summed E-state index contributed by atoms with van der Waals surface area (Å²) in [5.41, 5.74) is 2.56. The smallest absolute Gasteiger partial charge is 0.0595 e. The molecule has 0 aliphatic heterocycles. The first-order chi connectivity index (χ1) is 11.0. The van der Waals surface area contributed by atoms with E-state index in [-0.39, 0.29) is 16.0 Å². The predicted octanol–water partition coefficient (Wildman–Crippen LogP) is 6.54. The summed E-state index contributed by atoms with van der Waals surface area (Å²) >= 11 is 17.1. The van der Waals surface area contributed by atoms with E-state index < -0.39 is 0 Å². The summed E-state index contributed by atoms with van der Waals surface area (Å²) < 4.78 is 0. The first-order valence-electron chi connectivity index (χ1n) is 7.78. The Hall–Kier alpha value is -0.280. The van der Waals surface area contributed by atoms with Crippen molar-refractivity contribution >= 4 is 46.7 Å². The summed E-state index contributed by atoms with van der Waals surface area (Å²) in [5, 5.41) is 0.815. The fourth-order valence-electron chi connectivity index (χ4n) is 2.71. The van der Waals surface area contributed by atoms with Crippen molar-refractivity contribution < 1.29 is 0 Å². The number of halogens is 2. The van der Waals surface area contributed by atoms with E-state index in [4.69, 9.17) is 23.2 Å². The quantitative estimate of drug-likeness (QED) is 0.550. The number of hydrogen-bond donors (Lipinski definition) is 0. The molecule has 1 aliphatic rings. The molecule has 23 heavy (non-hydrogen) atoms. The van der Waals surface area contributed by atoms with Crippen molar-refractivity contribution in [3.63, 3.8) is 0 Å². The van der Waals surface area contributed by atoms with Crippen LogP contribution in [0.2, 0.25) is 0 Å². The van der Waals surface area contributed by atoms with Gasteiger partial charge in [0.1, 0.15) is 0 Å². The van der Waals surface area contributed by atoms with Gasteiger partial charge in [0.15, 0.2) is 0 Å². The van der Waals surface area contributed by atoms with Crippen LogP contribution < -0.4 is 0 Å². The van der Waals surface area contributed by atoms with E-state index >= 15 is 0 Å². The van der Waals surface area contributed by atoms with E-state index in [1.54, 1.807) is 0 Å². The van der Waals surface area contributed by atoms with Crippen molar-refractivity contribution in [2.45, 2.75) is 51.3 Å². The second kappa shape index (κ2) is 7.74. The van der Waals surface area contributed by atoms with Gasteiger partial charge < -0.3 is 0 Å². The number of alkyl halides is 2. The molecule has 122 valence electrons. The third-order valence-corrected chi connectivity index (χ3v) is 8.33. The summed E-state index contributed by atoms with van der Waals surface area (Å²) in [6.45, 7) is 4.21. The Morgan fingerprint density at radius 3 is 1.78 bits per heavy atom. The third kappa shape index (κ3) is 4.42. The van der Waals surface area contributed by atoms with E-state index in [1.165, 1.54) is 20.9 Å². The van der Waals surface area contributed by atoms with Gasteiger partial charge in [0.2, 0.25) is 0 Å². The van der Waals surface area contributed by atoms with Crippen molar-refractivity contribution in [2.75, 3.05) is 0 Å². The van der Waals surface area contributed by atoms with E-state index in [0.717, 1.165) is 6.42 Å². The molecule has 0 unspecified atom stereocenters. The maximum Gasteiger partial charge on any atom is 0.0595 e. The molecule has 0 N–H and O–H groups in total. The molecule has 2 aromatic rings. The van der Waals surface area contributed by atoms with Crippen molar-refractivity contribution in [1.29, 1.82) is 0 Å². The molecule has 3 rings (SSSR count). The van der Waals surface area contributed by atoms with Gasteiger partial charge in [-0.3, -0.25) is 0 Å². The standard InChI is InChI=1S/C19H20Cl2S2/c1-12-3-7-14(8-4-12)22-17-11-16(20)19(18(17)21)23-15-9-5-13(2)6-10-15/h3-10,16-19H,11H2,1-2H3/t16-,17-,18+,19+/m1/s1. The second-order valence-electron chi connectivity index (χ2n) is 6.06. The van der Waals surface area contributed by atoms with E-state index in [1.807, 2.05) is 23.5 Å². The average Bonchev–Trinajstić information content (AvgIpc) is 2.79. The summed E-state index contributed by atoms with van der Waals surface area (Å²) in [7, 11) is 0. The summed E-state index contributed by atoms with van der Waals surface area (Å²) in [4.78, 5) is 2.52. The molecule has 0 nitrogen and oxygen atoms in total. The lowest BCUT2D eigenvalue weighted by atomic mass is 10.2. The Labute approximate surface area is 157 Å². The average molecular weight is 383 g/mol. The minimum Gasteiger partial charge on any atom is -0.122 e. The maximum absolute atomic E-state index is 6.78. The van der Waals surface area contributed by atoms with Crippen LogP contribution in [-0.4, -0.2) is 21.3 Å². The van der Waals surface area contributed by atoms with Crippen molar-refractivity contribution in [1.82, 2.24) is 0 Å². The first kappa shape index (κ1) is 17.5. The molecule has 1 fully saturated rings. The minimum absolute atomic E-state index is 0.0788. The van der Waals surface area contributed by atoms with Crippen LogP contribution in [0.1, 0.15) is 17.5 Å². The zero-order valence-corrected chi connectivity index (χ0v) is 16.4. The minimum atomic E-state index is 0.0788. The molecule has 2 aromatic carbocycles. The Morgan fingerprint density at radius 2 is 1.26 bits per heavy atom. The molecule has 0 spiro atoms. The van der Waals surface area contributed by atoms with Gasteiger partial charge >= 0.3 is 0 Å². The molecule has 1 aliphatic carbocycles. The molecule has 4 atom stereocenters. The van der Waals surface area contributed by atoms with Gasteiger partial charge in [0, 0.05) is 25.7 Å². The molecule has 0 bridgehead atoms. The fraction of sp³-hybridized carbons (Fsp3) is 0.368.